The van der Waals surface area contributed by atoms with E-state index in [1.54, 1.807) is 11.3 Å². The molecule has 0 aliphatic heterocycles. The summed E-state index contributed by atoms with van der Waals surface area (Å²) in [4.78, 5) is 6.07. The van der Waals surface area contributed by atoms with Crippen LogP contribution < -0.4 is 0 Å². The lowest BCUT2D eigenvalue weighted by molar-refractivity contribution is -0.00619. The molecular formula is C23H23NOS. The highest BCUT2D eigenvalue weighted by Gasteiger charge is 2.50. The summed E-state index contributed by atoms with van der Waals surface area (Å²) in [6, 6.07) is 18.3. The van der Waals surface area contributed by atoms with Crippen molar-refractivity contribution in [1.82, 2.24) is 4.98 Å². The van der Waals surface area contributed by atoms with Crippen LogP contribution in [0.2, 0.25) is 0 Å². The number of thiazole rings is 1. The summed E-state index contributed by atoms with van der Waals surface area (Å²) in [6.07, 6.45) is 2.11. The fourth-order valence-electron chi connectivity index (χ4n) is 3.76. The topological polar surface area (TPSA) is 33.1 Å². The minimum Gasteiger partial charge on any atom is -0.380 e. The molecule has 1 N–H and O–H groups in total. The van der Waals surface area contributed by atoms with Crippen LogP contribution in [0.25, 0.3) is 22.2 Å². The van der Waals surface area contributed by atoms with E-state index in [4.69, 9.17) is 4.98 Å². The molecular weight excluding hydrogens is 338 g/mol. The predicted molar refractivity (Wildman–Crippen MR) is 110 cm³/mol. The summed E-state index contributed by atoms with van der Waals surface area (Å²) in [5.41, 5.74) is 3.56. The molecule has 1 aromatic heterocycles. The van der Waals surface area contributed by atoms with Crippen molar-refractivity contribution in [3.63, 3.8) is 0 Å². The van der Waals surface area contributed by atoms with Crippen LogP contribution in [0.15, 0.2) is 54.6 Å². The van der Waals surface area contributed by atoms with E-state index in [1.165, 1.54) is 0 Å². The minimum absolute atomic E-state index is 0.353. The molecule has 0 unspecified atom stereocenters. The summed E-state index contributed by atoms with van der Waals surface area (Å²) >= 11 is 1.68. The van der Waals surface area contributed by atoms with E-state index in [0.29, 0.717) is 0 Å². The van der Waals surface area contributed by atoms with Crippen molar-refractivity contribution in [1.29, 1.82) is 0 Å². The van der Waals surface area contributed by atoms with E-state index in [2.05, 4.69) is 52.0 Å². The van der Waals surface area contributed by atoms with Crippen molar-refractivity contribution < 1.29 is 5.11 Å². The number of hydrogen-bond donors (Lipinski definition) is 1. The summed E-state index contributed by atoms with van der Waals surface area (Å²) in [5.74, 6) is 0. The zero-order valence-electron chi connectivity index (χ0n) is 15.6. The number of fused-ring (bicyclic) bond motifs is 1. The van der Waals surface area contributed by atoms with Gasteiger partial charge in [0.25, 0.3) is 0 Å². The normalized spacial score (nSPS) is 19.3. The lowest BCUT2D eigenvalue weighted by atomic mass is 9.69. The van der Waals surface area contributed by atoms with Gasteiger partial charge < -0.3 is 5.11 Å². The number of hydrogen-bond acceptors (Lipinski definition) is 3. The first-order chi connectivity index (χ1) is 12.3. The summed E-state index contributed by atoms with van der Waals surface area (Å²) in [7, 11) is 0. The van der Waals surface area contributed by atoms with Crippen LogP contribution in [0.3, 0.4) is 0 Å². The smallest absolute Gasteiger partial charge is 0.124 e. The molecule has 0 amide bonds. The number of aryl methyl sites for hydroxylation is 1. The Labute approximate surface area is 158 Å². The number of aliphatic hydroxyl groups is 1. The van der Waals surface area contributed by atoms with E-state index < -0.39 is 5.60 Å². The Bertz CT molecular complexity index is 995. The van der Waals surface area contributed by atoms with E-state index in [9.17, 15) is 5.11 Å². The molecule has 132 valence electrons. The van der Waals surface area contributed by atoms with Gasteiger partial charge >= 0.3 is 0 Å². The van der Waals surface area contributed by atoms with Crippen molar-refractivity contribution in [2.45, 2.75) is 33.3 Å². The SMILES string of the molecule is Cc1sc(-c2ccccc2)nc1C1=Cc2ccccc2[C@]1(O)C(C)(C)C. The number of rotatable bonds is 2. The molecule has 1 aliphatic rings. The van der Waals surface area contributed by atoms with E-state index in [1.807, 2.05) is 36.4 Å². The summed E-state index contributed by atoms with van der Waals surface area (Å²) in [5, 5.41) is 12.9. The van der Waals surface area contributed by atoms with Crippen LogP contribution in [0.4, 0.5) is 0 Å². The molecule has 0 saturated carbocycles. The Morgan fingerprint density at radius 3 is 2.31 bits per heavy atom. The third-order valence-corrected chi connectivity index (χ3v) is 6.22. The molecule has 1 atom stereocenters. The molecule has 0 saturated heterocycles. The molecule has 3 aromatic rings. The Morgan fingerprint density at radius 2 is 1.62 bits per heavy atom. The van der Waals surface area contributed by atoms with Gasteiger partial charge in [-0.25, -0.2) is 4.98 Å². The third-order valence-electron chi connectivity index (χ3n) is 5.20. The highest BCUT2D eigenvalue weighted by Crippen LogP contribution is 2.55. The Hall–Kier alpha value is -2.23. The van der Waals surface area contributed by atoms with Crippen molar-refractivity contribution >= 4 is 23.0 Å². The second-order valence-electron chi connectivity index (χ2n) is 7.90. The molecule has 0 radical (unpaired) electrons. The maximum atomic E-state index is 11.9. The van der Waals surface area contributed by atoms with Gasteiger partial charge in [0.1, 0.15) is 10.6 Å². The lowest BCUT2D eigenvalue weighted by Crippen LogP contribution is -2.39. The zero-order chi connectivity index (χ0) is 18.5. The van der Waals surface area contributed by atoms with Gasteiger partial charge in [0.15, 0.2) is 0 Å². The highest BCUT2D eigenvalue weighted by molar-refractivity contribution is 7.15. The molecule has 4 rings (SSSR count). The summed E-state index contributed by atoms with van der Waals surface area (Å²) < 4.78 is 0. The molecule has 3 heteroatoms. The van der Waals surface area contributed by atoms with Crippen LogP contribution in [-0.2, 0) is 5.60 Å². The Kier molecular flexibility index (Phi) is 3.90. The molecule has 0 fully saturated rings. The molecule has 0 spiro atoms. The second-order valence-corrected chi connectivity index (χ2v) is 9.10. The second kappa shape index (κ2) is 5.90. The highest BCUT2D eigenvalue weighted by atomic mass is 32.1. The van der Waals surface area contributed by atoms with Crippen molar-refractivity contribution in [2.75, 3.05) is 0 Å². The maximum absolute atomic E-state index is 11.9. The monoisotopic (exact) mass is 361 g/mol. The fourth-order valence-corrected chi connectivity index (χ4v) is 4.69. The number of aromatic nitrogens is 1. The first-order valence-corrected chi connectivity index (χ1v) is 9.71. The fraction of sp³-hybridized carbons (Fsp3) is 0.261. The van der Waals surface area contributed by atoms with Gasteiger partial charge in [-0.05, 0) is 29.5 Å². The third kappa shape index (κ3) is 2.46. The van der Waals surface area contributed by atoms with Crippen molar-refractivity contribution in [2.24, 2.45) is 5.41 Å². The van der Waals surface area contributed by atoms with Gasteiger partial charge in [0.05, 0.1) is 5.69 Å². The van der Waals surface area contributed by atoms with E-state index >= 15 is 0 Å². The molecule has 2 aromatic carbocycles. The quantitative estimate of drug-likeness (QED) is 0.616. The summed E-state index contributed by atoms with van der Waals surface area (Å²) in [6.45, 7) is 8.35. The van der Waals surface area contributed by atoms with Crippen LogP contribution in [-0.4, -0.2) is 10.1 Å². The van der Waals surface area contributed by atoms with Crippen LogP contribution in [0, 0.1) is 12.3 Å². The average Bonchev–Trinajstić information content (AvgIpc) is 3.14. The largest absolute Gasteiger partial charge is 0.380 e. The zero-order valence-corrected chi connectivity index (χ0v) is 16.4. The van der Waals surface area contributed by atoms with Gasteiger partial charge in [-0.2, -0.15) is 0 Å². The predicted octanol–water partition coefficient (Wildman–Crippen LogP) is 5.91. The van der Waals surface area contributed by atoms with Crippen LogP contribution in [0.1, 0.15) is 42.5 Å². The first kappa shape index (κ1) is 17.2. The number of nitrogens with zero attached hydrogens (tertiary/aromatic N) is 1. The average molecular weight is 362 g/mol. The Morgan fingerprint density at radius 1 is 0.962 bits per heavy atom. The Balaban J connectivity index is 1.90. The maximum Gasteiger partial charge on any atom is 0.124 e. The van der Waals surface area contributed by atoms with Gasteiger partial charge in [-0.3, -0.25) is 0 Å². The standard InChI is InChI=1S/C23H23NOS/c1-15-20(24-21(26-15)16-10-6-5-7-11-16)19-14-17-12-8-9-13-18(17)23(19,25)22(2,3)4/h5-14,25H,1-4H3/t23-/m1/s1. The van der Waals surface area contributed by atoms with Gasteiger partial charge in [0.2, 0.25) is 0 Å². The molecule has 1 heterocycles. The van der Waals surface area contributed by atoms with Crippen molar-refractivity contribution in [3.8, 4) is 10.6 Å². The molecule has 1 aliphatic carbocycles. The molecule has 2 nitrogen and oxygen atoms in total. The van der Waals surface area contributed by atoms with Crippen LogP contribution >= 0.6 is 11.3 Å². The first-order valence-electron chi connectivity index (χ1n) is 8.89. The van der Waals surface area contributed by atoms with Crippen LogP contribution in [0.5, 0.6) is 0 Å². The van der Waals surface area contributed by atoms with E-state index in [0.717, 1.165) is 37.8 Å². The van der Waals surface area contributed by atoms with Gasteiger partial charge in [-0.1, -0.05) is 75.4 Å². The van der Waals surface area contributed by atoms with Crippen molar-refractivity contribution in [3.05, 3.63) is 76.3 Å². The van der Waals surface area contributed by atoms with E-state index in [-0.39, 0.29) is 5.41 Å². The van der Waals surface area contributed by atoms with Gasteiger partial charge in [0, 0.05) is 16.0 Å². The molecule has 0 bridgehead atoms. The van der Waals surface area contributed by atoms with Gasteiger partial charge in [-0.15, -0.1) is 11.3 Å². The minimum atomic E-state index is -1.06. The number of benzene rings is 2. The lowest BCUT2D eigenvalue weighted by Gasteiger charge is -2.40. The molecule has 26 heavy (non-hydrogen) atoms.